The van der Waals surface area contributed by atoms with Crippen LogP contribution >= 0.6 is 0 Å². The third-order valence-corrected chi connectivity index (χ3v) is 4.78. The highest BCUT2D eigenvalue weighted by atomic mass is 16.2. The number of hydrogen-bond acceptors (Lipinski definition) is 3. The summed E-state index contributed by atoms with van der Waals surface area (Å²) in [5, 5.41) is 7.55. The van der Waals surface area contributed by atoms with E-state index < -0.39 is 0 Å². The fourth-order valence-electron chi connectivity index (χ4n) is 3.39. The molecule has 3 rings (SSSR count). The molecule has 2 aliphatic heterocycles. The molecule has 5 nitrogen and oxygen atoms in total. The number of carbonyl (C=O) groups is 1. The fraction of sp³-hybridized carbons (Fsp3) is 0.750. The van der Waals surface area contributed by atoms with Crippen molar-refractivity contribution in [3.63, 3.8) is 0 Å². The van der Waals surface area contributed by atoms with Crippen LogP contribution in [-0.4, -0.2) is 51.1 Å². The van der Waals surface area contributed by atoms with Crippen molar-refractivity contribution in [3.8, 4) is 0 Å². The highest BCUT2D eigenvalue weighted by Gasteiger charge is 2.40. The van der Waals surface area contributed by atoms with E-state index in [2.05, 4.69) is 46.8 Å². The van der Waals surface area contributed by atoms with E-state index in [4.69, 9.17) is 0 Å². The van der Waals surface area contributed by atoms with Gasteiger partial charge in [0.1, 0.15) is 0 Å². The Labute approximate surface area is 126 Å². The largest absolute Gasteiger partial charge is 0.337 e. The Bertz CT molecular complexity index is 531. The van der Waals surface area contributed by atoms with Gasteiger partial charge in [-0.3, -0.25) is 14.8 Å². The Kier molecular flexibility index (Phi) is 3.56. The lowest BCUT2D eigenvalue weighted by molar-refractivity contribution is -0.143. The van der Waals surface area contributed by atoms with Gasteiger partial charge >= 0.3 is 0 Å². The van der Waals surface area contributed by atoms with Crippen molar-refractivity contribution in [1.29, 1.82) is 0 Å². The predicted molar refractivity (Wildman–Crippen MR) is 81.9 cm³/mol. The molecule has 0 spiro atoms. The quantitative estimate of drug-likeness (QED) is 0.905. The number of hydrogen-bond donors (Lipinski definition) is 1. The smallest absolute Gasteiger partial charge is 0.239 e. The van der Waals surface area contributed by atoms with Crippen molar-refractivity contribution < 1.29 is 4.79 Å². The zero-order valence-corrected chi connectivity index (χ0v) is 13.5. The molecule has 5 heteroatoms. The number of rotatable bonds is 2. The standard InChI is InChI=1S/C16H26N4O/c1-11-15(21)20-7-5-6-13(20)10-19(11)9-12-8-14(18-17-12)16(2,3)4/h8,11,13H,5-7,9-10H2,1-4H3,(H,17,18)/t11-,13+/m0/s1. The summed E-state index contributed by atoms with van der Waals surface area (Å²) in [6.07, 6.45) is 2.29. The molecule has 0 unspecified atom stereocenters. The molecule has 2 aliphatic rings. The maximum Gasteiger partial charge on any atom is 0.239 e. The van der Waals surface area contributed by atoms with E-state index in [1.807, 2.05) is 6.92 Å². The van der Waals surface area contributed by atoms with Gasteiger partial charge in [0.05, 0.1) is 11.7 Å². The minimum absolute atomic E-state index is 0.0271. The number of nitrogens with one attached hydrogen (secondary N) is 1. The summed E-state index contributed by atoms with van der Waals surface area (Å²) in [5.41, 5.74) is 2.24. The Morgan fingerprint density at radius 3 is 2.86 bits per heavy atom. The molecule has 21 heavy (non-hydrogen) atoms. The van der Waals surface area contributed by atoms with Gasteiger partial charge in [-0.2, -0.15) is 5.10 Å². The average molecular weight is 290 g/mol. The first-order valence-corrected chi connectivity index (χ1v) is 7.95. The highest BCUT2D eigenvalue weighted by molar-refractivity contribution is 5.83. The molecular weight excluding hydrogens is 264 g/mol. The Morgan fingerprint density at radius 2 is 2.19 bits per heavy atom. The van der Waals surface area contributed by atoms with Gasteiger partial charge in [0.15, 0.2) is 0 Å². The molecule has 0 radical (unpaired) electrons. The summed E-state index contributed by atoms with van der Waals surface area (Å²) in [6, 6.07) is 2.53. The molecule has 116 valence electrons. The van der Waals surface area contributed by atoms with E-state index in [0.29, 0.717) is 11.9 Å². The van der Waals surface area contributed by atoms with E-state index in [0.717, 1.165) is 43.9 Å². The molecule has 0 aliphatic carbocycles. The van der Waals surface area contributed by atoms with Crippen LogP contribution in [0.25, 0.3) is 0 Å². The summed E-state index contributed by atoms with van der Waals surface area (Å²) >= 11 is 0. The fourth-order valence-corrected chi connectivity index (χ4v) is 3.39. The van der Waals surface area contributed by atoms with Crippen LogP contribution in [0.3, 0.4) is 0 Å². The molecule has 3 heterocycles. The maximum absolute atomic E-state index is 12.4. The van der Waals surface area contributed by atoms with Crippen LogP contribution in [0.15, 0.2) is 6.07 Å². The van der Waals surface area contributed by atoms with Gasteiger partial charge in [-0.25, -0.2) is 0 Å². The monoisotopic (exact) mass is 290 g/mol. The minimum atomic E-state index is -0.0271. The summed E-state index contributed by atoms with van der Waals surface area (Å²) < 4.78 is 0. The number of aromatic nitrogens is 2. The summed E-state index contributed by atoms with van der Waals surface area (Å²) in [4.78, 5) is 16.8. The van der Waals surface area contributed by atoms with Gasteiger partial charge < -0.3 is 4.90 Å². The summed E-state index contributed by atoms with van der Waals surface area (Å²) in [6.45, 7) is 11.2. The van der Waals surface area contributed by atoms with Gasteiger partial charge in [-0.05, 0) is 25.8 Å². The van der Waals surface area contributed by atoms with Gasteiger partial charge in [0, 0.05) is 36.8 Å². The van der Waals surface area contributed by atoms with Crippen LogP contribution in [0.5, 0.6) is 0 Å². The molecule has 1 N–H and O–H groups in total. The molecule has 2 atom stereocenters. The second-order valence-corrected chi connectivity index (χ2v) is 7.46. The van der Waals surface area contributed by atoms with Crippen LogP contribution in [0.2, 0.25) is 0 Å². The lowest BCUT2D eigenvalue weighted by Crippen LogP contribution is -2.58. The number of H-pyrrole nitrogens is 1. The topological polar surface area (TPSA) is 52.2 Å². The van der Waals surface area contributed by atoms with Crippen molar-refractivity contribution in [2.24, 2.45) is 0 Å². The van der Waals surface area contributed by atoms with Gasteiger partial charge in [0.2, 0.25) is 5.91 Å². The number of fused-ring (bicyclic) bond motifs is 1. The Balaban J connectivity index is 1.72. The molecular formula is C16H26N4O. The number of nitrogens with zero attached hydrogens (tertiary/aromatic N) is 3. The second-order valence-electron chi connectivity index (χ2n) is 7.46. The molecule has 2 fully saturated rings. The molecule has 1 amide bonds. The normalized spacial score (nSPS) is 27.2. The van der Waals surface area contributed by atoms with Crippen molar-refractivity contribution in [2.75, 3.05) is 13.1 Å². The maximum atomic E-state index is 12.4. The van der Waals surface area contributed by atoms with E-state index >= 15 is 0 Å². The van der Waals surface area contributed by atoms with Crippen LogP contribution < -0.4 is 0 Å². The zero-order valence-electron chi connectivity index (χ0n) is 13.5. The van der Waals surface area contributed by atoms with Gasteiger partial charge in [-0.1, -0.05) is 20.8 Å². The van der Waals surface area contributed by atoms with E-state index in [1.54, 1.807) is 0 Å². The first-order valence-electron chi connectivity index (χ1n) is 7.95. The summed E-state index contributed by atoms with van der Waals surface area (Å²) in [7, 11) is 0. The molecule has 1 aromatic rings. The lowest BCUT2D eigenvalue weighted by atomic mass is 9.92. The predicted octanol–water partition coefficient (Wildman–Crippen LogP) is 1.90. The third-order valence-electron chi connectivity index (χ3n) is 4.78. The van der Waals surface area contributed by atoms with Crippen molar-refractivity contribution >= 4 is 5.91 Å². The first kappa shape index (κ1) is 14.6. The third kappa shape index (κ3) is 2.71. The van der Waals surface area contributed by atoms with E-state index in [9.17, 15) is 4.79 Å². The first-order chi connectivity index (χ1) is 9.86. The van der Waals surface area contributed by atoms with Crippen LogP contribution in [0.4, 0.5) is 0 Å². The molecule has 1 aromatic heterocycles. The Hall–Kier alpha value is -1.36. The van der Waals surface area contributed by atoms with Crippen LogP contribution in [0.1, 0.15) is 51.9 Å². The minimum Gasteiger partial charge on any atom is -0.337 e. The van der Waals surface area contributed by atoms with Crippen molar-refractivity contribution in [2.45, 2.75) is 64.6 Å². The average Bonchev–Trinajstić information content (AvgIpc) is 3.03. The number of aromatic amines is 1. The summed E-state index contributed by atoms with van der Waals surface area (Å²) in [5.74, 6) is 0.291. The van der Waals surface area contributed by atoms with E-state index in [-0.39, 0.29) is 11.5 Å². The molecule has 0 bridgehead atoms. The number of amides is 1. The number of piperazine rings is 1. The van der Waals surface area contributed by atoms with Crippen molar-refractivity contribution in [3.05, 3.63) is 17.5 Å². The van der Waals surface area contributed by atoms with E-state index in [1.165, 1.54) is 0 Å². The zero-order chi connectivity index (χ0) is 15.2. The van der Waals surface area contributed by atoms with Crippen LogP contribution in [-0.2, 0) is 16.8 Å². The SMILES string of the molecule is C[C@H]1C(=O)N2CCC[C@@H]2CN1Cc1cc(C(C)(C)C)n[nH]1. The van der Waals surface area contributed by atoms with Gasteiger partial charge in [0.25, 0.3) is 0 Å². The highest BCUT2D eigenvalue weighted by Crippen LogP contribution is 2.27. The molecule has 0 saturated carbocycles. The number of carbonyl (C=O) groups excluding carboxylic acids is 1. The molecule has 0 aromatic carbocycles. The molecule has 2 saturated heterocycles. The second kappa shape index (κ2) is 5.13. The van der Waals surface area contributed by atoms with Crippen LogP contribution in [0, 0.1) is 0 Å². The van der Waals surface area contributed by atoms with Gasteiger partial charge in [-0.15, -0.1) is 0 Å². The van der Waals surface area contributed by atoms with Crippen molar-refractivity contribution in [1.82, 2.24) is 20.0 Å². The lowest BCUT2D eigenvalue weighted by Gasteiger charge is -2.41. The Morgan fingerprint density at radius 1 is 1.43 bits per heavy atom.